The molecule has 1 aromatic rings. The van der Waals surface area contributed by atoms with Gasteiger partial charge in [0.2, 0.25) is 10.0 Å². The Morgan fingerprint density at radius 1 is 1.33 bits per heavy atom. The van der Waals surface area contributed by atoms with Crippen LogP contribution in [0.1, 0.15) is 12.0 Å². The van der Waals surface area contributed by atoms with E-state index in [1.165, 1.54) is 0 Å². The number of hydrogen-bond donors (Lipinski definition) is 1. The summed E-state index contributed by atoms with van der Waals surface area (Å²) in [6.45, 7) is 0.255. The molecule has 0 saturated carbocycles. The highest BCUT2D eigenvalue weighted by molar-refractivity contribution is 7.89. The summed E-state index contributed by atoms with van der Waals surface area (Å²) in [5.74, 6) is 0. The van der Waals surface area contributed by atoms with Crippen LogP contribution in [-0.4, -0.2) is 31.9 Å². The molecule has 120 valence electrons. The first-order chi connectivity index (χ1) is 9.12. The Labute approximate surface area is 131 Å². The van der Waals surface area contributed by atoms with Crippen LogP contribution in [0.5, 0.6) is 0 Å². The maximum absolute atomic E-state index is 12.7. The highest BCUT2D eigenvalue weighted by atomic mass is 35.5. The topological polar surface area (TPSA) is 63.4 Å². The normalized spacial score (nSPS) is 20.3. The molecular formula is C11H13Cl2F3N2O2S. The molecule has 10 heteroatoms. The molecule has 1 aliphatic heterocycles. The molecule has 0 spiro atoms. The molecule has 0 radical (unpaired) electrons. The first kappa shape index (κ1) is 18.5. The van der Waals surface area contributed by atoms with Gasteiger partial charge >= 0.3 is 6.18 Å². The lowest BCUT2D eigenvalue weighted by molar-refractivity contribution is -0.137. The zero-order chi connectivity index (χ0) is 15.1. The maximum Gasteiger partial charge on any atom is 0.416 e. The zero-order valence-electron chi connectivity index (χ0n) is 10.6. The lowest BCUT2D eigenvalue weighted by atomic mass is 10.2. The standard InChI is InChI=1S/C11H12ClF3N2O2S.ClH/c12-9-2-1-7(11(13,14)15)5-10(9)20(18,19)17-4-3-8(16)6-17;/h1-2,5,8H,3-4,6,16H2;1H. The van der Waals surface area contributed by atoms with Crippen LogP contribution in [0.4, 0.5) is 13.2 Å². The third-order valence-corrected chi connectivity index (χ3v) is 5.41. The van der Waals surface area contributed by atoms with Gasteiger partial charge in [0, 0.05) is 19.1 Å². The number of alkyl halides is 3. The van der Waals surface area contributed by atoms with Gasteiger partial charge in [-0.1, -0.05) is 11.6 Å². The van der Waals surface area contributed by atoms with E-state index in [0.717, 1.165) is 16.4 Å². The molecule has 1 unspecified atom stereocenters. The van der Waals surface area contributed by atoms with Crippen molar-refractivity contribution >= 4 is 34.0 Å². The second-order valence-corrected chi connectivity index (χ2v) is 6.87. The average Bonchev–Trinajstić information content (AvgIpc) is 2.75. The van der Waals surface area contributed by atoms with Gasteiger partial charge in [-0.05, 0) is 24.6 Å². The van der Waals surface area contributed by atoms with Crippen LogP contribution in [0, 0.1) is 0 Å². The van der Waals surface area contributed by atoms with E-state index < -0.39 is 26.7 Å². The van der Waals surface area contributed by atoms with Crippen molar-refractivity contribution in [2.75, 3.05) is 13.1 Å². The van der Waals surface area contributed by atoms with Gasteiger partial charge in [0.1, 0.15) is 4.90 Å². The molecule has 1 heterocycles. The molecule has 0 amide bonds. The predicted molar refractivity (Wildman–Crippen MR) is 75.1 cm³/mol. The van der Waals surface area contributed by atoms with Crippen molar-refractivity contribution in [2.45, 2.75) is 23.5 Å². The van der Waals surface area contributed by atoms with E-state index in [1.54, 1.807) is 0 Å². The van der Waals surface area contributed by atoms with E-state index in [1.807, 2.05) is 0 Å². The molecule has 1 aromatic carbocycles. The second kappa shape index (κ2) is 6.29. The van der Waals surface area contributed by atoms with Crippen molar-refractivity contribution in [3.05, 3.63) is 28.8 Å². The molecule has 4 nitrogen and oxygen atoms in total. The summed E-state index contributed by atoms with van der Waals surface area (Å²) in [7, 11) is -4.06. The summed E-state index contributed by atoms with van der Waals surface area (Å²) in [6.07, 6.45) is -4.16. The molecule has 0 aliphatic carbocycles. The van der Waals surface area contributed by atoms with Crippen LogP contribution in [-0.2, 0) is 16.2 Å². The quantitative estimate of drug-likeness (QED) is 0.876. The van der Waals surface area contributed by atoms with Gasteiger partial charge in [0.25, 0.3) is 0 Å². The Balaban J connectivity index is 0.00000220. The number of nitrogens with zero attached hydrogens (tertiary/aromatic N) is 1. The van der Waals surface area contributed by atoms with Gasteiger partial charge < -0.3 is 5.73 Å². The van der Waals surface area contributed by atoms with Crippen LogP contribution in [0.25, 0.3) is 0 Å². The molecule has 0 aromatic heterocycles. The molecule has 21 heavy (non-hydrogen) atoms. The van der Waals surface area contributed by atoms with Gasteiger partial charge in [-0.3, -0.25) is 0 Å². The Morgan fingerprint density at radius 3 is 2.43 bits per heavy atom. The van der Waals surface area contributed by atoms with Crippen LogP contribution in [0.2, 0.25) is 5.02 Å². The minimum atomic E-state index is -4.63. The van der Waals surface area contributed by atoms with Crippen molar-refractivity contribution in [1.82, 2.24) is 4.31 Å². The molecule has 2 rings (SSSR count). The lowest BCUT2D eigenvalue weighted by Crippen LogP contribution is -2.32. The number of halogens is 5. The first-order valence-corrected chi connectivity index (χ1v) is 7.56. The van der Waals surface area contributed by atoms with E-state index in [0.29, 0.717) is 12.5 Å². The zero-order valence-corrected chi connectivity index (χ0v) is 13.0. The third kappa shape index (κ3) is 3.81. The van der Waals surface area contributed by atoms with Gasteiger partial charge in [0.15, 0.2) is 0 Å². The fraction of sp³-hybridized carbons (Fsp3) is 0.455. The Kier molecular flexibility index (Phi) is 5.55. The smallest absolute Gasteiger partial charge is 0.326 e. The van der Waals surface area contributed by atoms with E-state index in [4.69, 9.17) is 17.3 Å². The highest BCUT2D eigenvalue weighted by Gasteiger charge is 2.36. The number of rotatable bonds is 2. The molecule has 2 N–H and O–H groups in total. The largest absolute Gasteiger partial charge is 0.416 e. The van der Waals surface area contributed by atoms with Crippen molar-refractivity contribution in [3.8, 4) is 0 Å². The van der Waals surface area contributed by atoms with Crippen molar-refractivity contribution in [3.63, 3.8) is 0 Å². The van der Waals surface area contributed by atoms with E-state index in [-0.39, 0.29) is 36.6 Å². The SMILES string of the molecule is Cl.NC1CCN(S(=O)(=O)c2cc(C(F)(F)F)ccc2Cl)C1. The first-order valence-electron chi connectivity index (χ1n) is 5.75. The summed E-state index contributed by atoms with van der Waals surface area (Å²) >= 11 is 5.74. The third-order valence-electron chi connectivity index (χ3n) is 3.06. The minimum absolute atomic E-state index is 0. The number of hydrogen-bond acceptors (Lipinski definition) is 3. The number of nitrogens with two attached hydrogens (primary N) is 1. The van der Waals surface area contributed by atoms with Crippen LogP contribution in [0.15, 0.2) is 23.1 Å². The molecule has 1 aliphatic rings. The second-order valence-electron chi connectivity index (χ2n) is 4.55. The van der Waals surface area contributed by atoms with Crippen LogP contribution in [0.3, 0.4) is 0 Å². The Morgan fingerprint density at radius 2 is 1.95 bits per heavy atom. The highest BCUT2D eigenvalue weighted by Crippen LogP contribution is 2.34. The summed E-state index contributed by atoms with van der Waals surface area (Å²) < 4.78 is 63.6. The fourth-order valence-electron chi connectivity index (χ4n) is 1.99. The molecule has 0 bridgehead atoms. The average molecular weight is 365 g/mol. The van der Waals surface area contributed by atoms with Gasteiger partial charge in [0.05, 0.1) is 10.6 Å². The van der Waals surface area contributed by atoms with Crippen molar-refractivity contribution in [2.24, 2.45) is 5.73 Å². The summed E-state index contributed by atoms with van der Waals surface area (Å²) in [4.78, 5) is -0.539. The predicted octanol–water partition coefficient (Wildman–Crippen LogP) is 2.50. The van der Waals surface area contributed by atoms with E-state index in [2.05, 4.69) is 0 Å². The monoisotopic (exact) mass is 364 g/mol. The fourth-order valence-corrected chi connectivity index (χ4v) is 4.00. The summed E-state index contributed by atoms with van der Waals surface area (Å²) in [5, 5.41) is -0.238. The number of sulfonamides is 1. The molecule has 1 atom stereocenters. The summed E-state index contributed by atoms with van der Waals surface area (Å²) in [6, 6.07) is 1.93. The van der Waals surface area contributed by atoms with Gasteiger partial charge in [-0.2, -0.15) is 17.5 Å². The Hall–Kier alpha value is -0.540. The van der Waals surface area contributed by atoms with Crippen LogP contribution < -0.4 is 5.73 Å². The Bertz CT molecular complexity index is 622. The van der Waals surface area contributed by atoms with Crippen molar-refractivity contribution < 1.29 is 21.6 Å². The lowest BCUT2D eigenvalue weighted by Gasteiger charge is -2.18. The molecule has 1 saturated heterocycles. The molecular weight excluding hydrogens is 352 g/mol. The minimum Gasteiger partial charge on any atom is -0.326 e. The van der Waals surface area contributed by atoms with E-state index in [9.17, 15) is 21.6 Å². The van der Waals surface area contributed by atoms with E-state index >= 15 is 0 Å². The summed E-state index contributed by atoms with van der Waals surface area (Å²) in [5.41, 5.74) is 4.57. The maximum atomic E-state index is 12.7. The number of benzene rings is 1. The van der Waals surface area contributed by atoms with Gasteiger partial charge in [-0.25, -0.2) is 8.42 Å². The van der Waals surface area contributed by atoms with Crippen LogP contribution >= 0.6 is 24.0 Å². The molecule has 1 fully saturated rings. The van der Waals surface area contributed by atoms with Crippen molar-refractivity contribution in [1.29, 1.82) is 0 Å². The van der Waals surface area contributed by atoms with Gasteiger partial charge in [-0.15, -0.1) is 12.4 Å².